The van der Waals surface area contributed by atoms with E-state index in [-0.39, 0.29) is 27.9 Å². The molecule has 7 nitrogen and oxygen atoms in total. The van der Waals surface area contributed by atoms with Crippen molar-refractivity contribution in [1.29, 1.82) is 0 Å². The highest BCUT2D eigenvalue weighted by atomic mass is 32.2. The number of carbonyl (C=O) groups is 2. The zero-order valence-corrected chi connectivity index (χ0v) is 19.2. The summed E-state index contributed by atoms with van der Waals surface area (Å²) in [5.41, 5.74) is 6.16. The topological polar surface area (TPSA) is 127 Å². The zero-order valence-electron chi connectivity index (χ0n) is 18.3. The Morgan fingerprint density at radius 1 is 0.781 bits per heavy atom. The molecule has 32 heavy (non-hydrogen) atoms. The van der Waals surface area contributed by atoms with E-state index in [1.165, 1.54) is 12.1 Å². The highest BCUT2D eigenvalue weighted by Crippen LogP contribution is 2.39. The fraction of sp³-hybridized carbons (Fsp3) is 0.167. The molecule has 4 rings (SSSR count). The quantitative estimate of drug-likeness (QED) is 0.291. The van der Waals surface area contributed by atoms with Crippen molar-refractivity contribution < 1.29 is 22.6 Å². The SMILES string of the molecule is CC.CC.Nc1c(S(=O)(=O)O)cc(Nc2ccccc2)c2c1C(=O)c1ccccc1C2=O. The van der Waals surface area contributed by atoms with Crippen LogP contribution in [0.4, 0.5) is 17.1 Å². The number of rotatable bonds is 3. The molecular weight excluding hydrogens is 428 g/mol. The summed E-state index contributed by atoms with van der Waals surface area (Å²) in [5, 5.41) is 2.95. The number of nitrogens with two attached hydrogens (primary N) is 1. The molecule has 0 atom stereocenters. The van der Waals surface area contributed by atoms with Crippen LogP contribution in [0.15, 0.2) is 65.6 Å². The molecule has 0 saturated heterocycles. The molecule has 1 aliphatic carbocycles. The van der Waals surface area contributed by atoms with Gasteiger partial charge in [0.05, 0.1) is 22.5 Å². The predicted octanol–water partition coefficient (Wildman–Crippen LogP) is 5.09. The van der Waals surface area contributed by atoms with Crippen molar-refractivity contribution in [3.63, 3.8) is 0 Å². The van der Waals surface area contributed by atoms with Gasteiger partial charge in [0, 0.05) is 16.8 Å². The zero-order chi connectivity index (χ0) is 24.1. The average molecular weight is 455 g/mol. The van der Waals surface area contributed by atoms with Gasteiger partial charge < -0.3 is 11.1 Å². The number of hydrogen-bond donors (Lipinski definition) is 3. The molecule has 0 radical (unpaired) electrons. The van der Waals surface area contributed by atoms with Gasteiger partial charge in [0.1, 0.15) is 4.90 Å². The minimum atomic E-state index is -4.73. The van der Waals surface area contributed by atoms with Crippen molar-refractivity contribution in [1.82, 2.24) is 0 Å². The van der Waals surface area contributed by atoms with Crippen molar-refractivity contribution >= 4 is 38.7 Å². The first-order valence-electron chi connectivity index (χ1n) is 10.2. The molecule has 168 valence electrons. The third kappa shape index (κ3) is 4.56. The van der Waals surface area contributed by atoms with Crippen molar-refractivity contribution in [2.75, 3.05) is 11.1 Å². The Morgan fingerprint density at radius 2 is 1.25 bits per heavy atom. The van der Waals surface area contributed by atoms with Crippen LogP contribution in [-0.4, -0.2) is 24.5 Å². The minimum Gasteiger partial charge on any atom is -0.397 e. The van der Waals surface area contributed by atoms with E-state index in [9.17, 15) is 22.6 Å². The lowest BCUT2D eigenvalue weighted by atomic mass is 9.82. The molecule has 0 fully saturated rings. The van der Waals surface area contributed by atoms with Crippen LogP contribution in [0.3, 0.4) is 0 Å². The van der Waals surface area contributed by atoms with E-state index in [4.69, 9.17) is 5.73 Å². The van der Waals surface area contributed by atoms with Crippen LogP contribution in [0, 0.1) is 0 Å². The van der Waals surface area contributed by atoms with Crippen molar-refractivity contribution in [2.24, 2.45) is 0 Å². The van der Waals surface area contributed by atoms with Gasteiger partial charge in [0.25, 0.3) is 10.1 Å². The maximum atomic E-state index is 13.1. The largest absolute Gasteiger partial charge is 0.397 e. The van der Waals surface area contributed by atoms with E-state index in [1.807, 2.05) is 27.7 Å². The lowest BCUT2D eigenvalue weighted by Crippen LogP contribution is -2.25. The third-order valence-electron chi connectivity index (χ3n) is 4.53. The maximum absolute atomic E-state index is 13.1. The molecular formula is C24H26N2O5S. The van der Waals surface area contributed by atoms with Crippen LogP contribution in [0.25, 0.3) is 0 Å². The summed E-state index contributed by atoms with van der Waals surface area (Å²) in [5.74, 6) is -1.04. The fourth-order valence-corrected chi connectivity index (χ4v) is 3.93. The molecule has 0 bridgehead atoms. The van der Waals surface area contributed by atoms with Gasteiger partial charge in [-0.25, -0.2) is 0 Å². The van der Waals surface area contributed by atoms with E-state index >= 15 is 0 Å². The second-order valence-corrected chi connectivity index (χ2v) is 7.65. The normalized spacial score (nSPS) is 11.8. The summed E-state index contributed by atoms with van der Waals surface area (Å²) >= 11 is 0. The van der Waals surface area contributed by atoms with E-state index in [2.05, 4.69) is 5.32 Å². The predicted molar refractivity (Wildman–Crippen MR) is 126 cm³/mol. The molecule has 3 aromatic rings. The number of ketones is 2. The van der Waals surface area contributed by atoms with Gasteiger partial charge in [0.2, 0.25) is 0 Å². The number of nitrogens with one attached hydrogen (secondary N) is 1. The first-order valence-corrected chi connectivity index (χ1v) is 11.7. The fourth-order valence-electron chi connectivity index (χ4n) is 3.28. The van der Waals surface area contributed by atoms with Crippen molar-refractivity contribution in [3.8, 4) is 0 Å². The molecule has 0 amide bonds. The summed E-state index contributed by atoms with van der Waals surface area (Å²) in [6.45, 7) is 8.00. The van der Waals surface area contributed by atoms with Crippen LogP contribution in [-0.2, 0) is 10.1 Å². The van der Waals surface area contributed by atoms with E-state index in [0.29, 0.717) is 5.69 Å². The molecule has 8 heteroatoms. The van der Waals surface area contributed by atoms with Crippen molar-refractivity contribution in [3.05, 3.63) is 82.9 Å². The van der Waals surface area contributed by atoms with Gasteiger partial charge in [-0.15, -0.1) is 0 Å². The molecule has 0 heterocycles. The molecule has 0 saturated carbocycles. The molecule has 0 aromatic heterocycles. The van der Waals surface area contributed by atoms with Gasteiger partial charge in [0.15, 0.2) is 11.6 Å². The van der Waals surface area contributed by atoms with E-state index in [0.717, 1.165) is 6.07 Å². The van der Waals surface area contributed by atoms with Crippen LogP contribution in [0.2, 0.25) is 0 Å². The number of anilines is 3. The first kappa shape index (κ1) is 24.8. The third-order valence-corrected chi connectivity index (χ3v) is 5.42. The summed E-state index contributed by atoms with van der Waals surface area (Å²) in [6, 6.07) is 16.0. The molecule has 0 spiro atoms. The summed E-state index contributed by atoms with van der Waals surface area (Å²) in [6.07, 6.45) is 0. The molecule has 3 aromatic carbocycles. The maximum Gasteiger partial charge on any atom is 0.296 e. The Labute approximate surface area is 188 Å². The highest BCUT2D eigenvalue weighted by Gasteiger charge is 2.36. The summed E-state index contributed by atoms with van der Waals surface area (Å²) in [4.78, 5) is 25.5. The van der Waals surface area contributed by atoms with E-state index in [1.54, 1.807) is 42.5 Å². The van der Waals surface area contributed by atoms with Crippen LogP contribution < -0.4 is 11.1 Å². The second kappa shape index (κ2) is 10.2. The van der Waals surface area contributed by atoms with Crippen LogP contribution in [0.1, 0.15) is 59.5 Å². The number of para-hydroxylation sites is 1. The Balaban J connectivity index is 0.000000860. The molecule has 4 N–H and O–H groups in total. The second-order valence-electron chi connectivity index (χ2n) is 6.26. The van der Waals surface area contributed by atoms with Crippen LogP contribution >= 0.6 is 0 Å². The minimum absolute atomic E-state index is 0.0301. The smallest absolute Gasteiger partial charge is 0.296 e. The van der Waals surface area contributed by atoms with E-state index < -0.39 is 32.3 Å². The first-order chi connectivity index (χ1) is 15.3. The molecule has 1 aliphatic rings. The van der Waals surface area contributed by atoms with Crippen LogP contribution in [0.5, 0.6) is 0 Å². The molecule has 0 aliphatic heterocycles. The van der Waals surface area contributed by atoms with Gasteiger partial charge in [-0.2, -0.15) is 8.42 Å². The number of nitrogen functional groups attached to an aromatic ring is 1. The van der Waals surface area contributed by atoms with Gasteiger partial charge in [-0.05, 0) is 18.2 Å². The summed E-state index contributed by atoms with van der Waals surface area (Å²) in [7, 11) is -4.73. The molecule has 0 unspecified atom stereocenters. The number of fused-ring (bicyclic) bond motifs is 2. The van der Waals surface area contributed by atoms with Gasteiger partial charge in [-0.3, -0.25) is 14.1 Å². The van der Waals surface area contributed by atoms with Gasteiger partial charge >= 0.3 is 0 Å². The Bertz CT molecular complexity index is 1250. The van der Waals surface area contributed by atoms with Crippen molar-refractivity contribution in [2.45, 2.75) is 32.6 Å². The standard InChI is InChI=1S/C20H14N2O5S.2C2H6/c21-18-15(28(25,26)27)10-14(22-11-6-2-1-3-7-11)16-17(18)20(24)13-9-5-4-8-12(13)19(16)23;2*1-2/h1-10,22H,21H2,(H,25,26,27);2*1-2H3. The lowest BCUT2D eigenvalue weighted by molar-refractivity contribution is 0.0980. The Morgan fingerprint density at radius 3 is 1.75 bits per heavy atom. The van der Waals surface area contributed by atoms with Gasteiger partial charge in [-0.1, -0.05) is 70.2 Å². The number of benzene rings is 3. The average Bonchev–Trinajstić information content (AvgIpc) is 2.81. The Kier molecular flexibility index (Phi) is 7.91. The lowest BCUT2D eigenvalue weighted by Gasteiger charge is -2.23. The summed E-state index contributed by atoms with van der Waals surface area (Å²) < 4.78 is 33.2. The Hall–Kier alpha value is -3.49. The number of hydrogen-bond acceptors (Lipinski definition) is 6. The highest BCUT2D eigenvalue weighted by molar-refractivity contribution is 7.86. The monoisotopic (exact) mass is 454 g/mol. The number of carbonyl (C=O) groups excluding carboxylic acids is 2.